The van der Waals surface area contributed by atoms with Gasteiger partial charge >= 0.3 is 0 Å². The molecule has 5 heteroatoms. The number of anilines is 1. The maximum Gasteiger partial charge on any atom is 0.156 e. The molecule has 31 heavy (non-hydrogen) atoms. The van der Waals surface area contributed by atoms with Gasteiger partial charge in [0.25, 0.3) is 0 Å². The maximum absolute atomic E-state index is 13.7. The van der Waals surface area contributed by atoms with Crippen LogP contribution in [0.2, 0.25) is 0 Å². The Bertz CT molecular complexity index is 1140. The van der Waals surface area contributed by atoms with Crippen LogP contribution in [0.25, 0.3) is 12.3 Å². The Kier molecular flexibility index (Phi) is 5.02. The van der Waals surface area contributed by atoms with Gasteiger partial charge in [0.05, 0.1) is 5.69 Å². The van der Waals surface area contributed by atoms with Gasteiger partial charge in [-0.2, -0.15) is 5.10 Å². The Hall–Kier alpha value is -3.47. The third-order valence-electron chi connectivity index (χ3n) is 6.43. The molecule has 156 valence electrons. The first-order valence-electron chi connectivity index (χ1n) is 10.7. The van der Waals surface area contributed by atoms with E-state index in [1.807, 2.05) is 30.3 Å². The standard InChI is InChI=1S/C26H24FN3O/c27-21-12-10-20(11-13-21)26(19-6-2-1-3-7-19)15-14-23-24(18-26)30(16-5-17-31)29-25(23)28-22-8-4-9-22/h1-3,5-7,10-17,22H,4,8-9,18H2,(H,28,29). The Morgan fingerprint density at radius 2 is 1.81 bits per heavy atom. The largest absolute Gasteiger partial charge is 0.365 e. The van der Waals surface area contributed by atoms with Crippen LogP contribution in [0.15, 0.2) is 66.7 Å². The van der Waals surface area contributed by atoms with E-state index in [0.29, 0.717) is 12.5 Å². The van der Waals surface area contributed by atoms with Gasteiger partial charge in [0.2, 0.25) is 0 Å². The molecule has 4 nitrogen and oxygen atoms in total. The molecule has 0 radical (unpaired) electrons. The van der Waals surface area contributed by atoms with Gasteiger partial charge in [0, 0.05) is 29.6 Å². The second-order valence-electron chi connectivity index (χ2n) is 8.26. The van der Waals surface area contributed by atoms with Crippen molar-refractivity contribution in [3.8, 4) is 0 Å². The maximum atomic E-state index is 13.7. The molecule has 1 saturated carbocycles. The molecule has 0 bridgehead atoms. The number of carbonyl (C=O) groups is 1. The van der Waals surface area contributed by atoms with Gasteiger partial charge in [-0.25, -0.2) is 9.07 Å². The summed E-state index contributed by atoms with van der Waals surface area (Å²) in [7, 11) is 0. The van der Waals surface area contributed by atoms with Crippen molar-refractivity contribution < 1.29 is 9.18 Å². The number of rotatable bonds is 6. The molecule has 1 aromatic heterocycles. The van der Waals surface area contributed by atoms with Gasteiger partial charge in [0.1, 0.15) is 12.1 Å². The molecule has 2 aliphatic carbocycles. The van der Waals surface area contributed by atoms with Crippen LogP contribution >= 0.6 is 0 Å². The fraction of sp³-hybridized carbons (Fsp3) is 0.231. The summed E-state index contributed by atoms with van der Waals surface area (Å²) in [6, 6.07) is 17.4. The van der Waals surface area contributed by atoms with E-state index in [9.17, 15) is 9.18 Å². The molecule has 5 rings (SSSR count). The number of nitrogens with zero attached hydrogens (tertiary/aromatic N) is 2. The van der Waals surface area contributed by atoms with Crippen molar-refractivity contribution in [2.75, 3.05) is 5.32 Å². The zero-order chi connectivity index (χ0) is 21.3. The molecular formula is C26H24FN3O. The normalized spacial score (nSPS) is 20.4. The lowest BCUT2D eigenvalue weighted by atomic mass is 9.68. The molecule has 1 fully saturated rings. The van der Waals surface area contributed by atoms with E-state index in [-0.39, 0.29) is 5.82 Å². The summed E-state index contributed by atoms with van der Waals surface area (Å²) in [6.07, 6.45) is 12.4. The molecule has 1 N–H and O–H groups in total. The van der Waals surface area contributed by atoms with Crippen LogP contribution in [0.1, 0.15) is 41.6 Å². The minimum atomic E-state index is -0.456. The lowest BCUT2D eigenvalue weighted by Gasteiger charge is -2.35. The molecule has 3 aromatic rings. The molecule has 1 atom stereocenters. The highest BCUT2D eigenvalue weighted by Gasteiger charge is 2.37. The summed E-state index contributed by atoms with van der Waals surface area (Å²) in [6.45, 7) is 0. The first kappa shape index (κ1) is 19.5. The van der Waals surface area contributed by atoms with Crippen LogP contribution in [0.4, 0.5) is 10.2 Å². The smallest absolute Gasteiger partial charge is 0.156 e. The molecule has 1 unspecified atom stereocenters. The summed E-state index contributed by atoms with van der Waals surface area (Å²) >= 11 is 0. The SMILES string of the molecule is O=CC=Cn1nc(NC2CCC2)c2c1CC(c1ccccc1)(c1ccc(F)cc1)C=C2. The highest BCUT2D eigenvalue weighted by atomic mass is 19.1. The number of nitrogens with one attached hydrogen (secondary N) is 1. The van der Waals surface area contributed by atoms with Crippen LogP contribution in [0, 0.1) is 5.82 Å². The van der Waals surface area contributed by atoms with Crippen molar-refractivity contribution in [2.45, 2.75) is 37.1 Å². The number of hydrogen-bond acceptors (Lipinski definition) is 3. The Morgan fingerprint density at radius 3 is 2.48 bits per heavy atom. The zero-order valence-corrected chi connectivity index (χ0v) is 17.2. The minimum Gasteiger partial charge on any atom is -0.365 e. The number of carbonyl (C=O) groups excluding carboxylic acids is 1. The van der Waals surface area contributed by atoms with Crippen molar-refractivity contribution in [2.24, 2.45) is 0 Å². The van der Waals surface area contributed by atoms with Gasteiger partial charge in [0.15, 0.2) is 5.82 Å². The summed E-state index contributed by atoms with van der Waals surface area (Å²) in [5.74, 6) is 0.602. The van der Waals surface area contributed by atoms with Crippen LogP contribution in [0.3, 0.4) is 0 Å². The van der Waals surface area contributed by atoms with Gasteiger partial charge in [-0.3, -0.25) is 4.79 Å². The van der Waals surface area contributed by atoms with E-state index in [1.54, 1.807) is 10.9 Å². The van der Waals surface area contributed by atoms with Gasteiger partial charge in [-0.05, 0) is 48.6 Å². The van der Waals surface area contributed by atoms with Crippen LogP contribution in [-0.2, 0) is 16.6 Å². The molecule has 0 spiro atoms. The number of fused-ring (bicyclic) bond motifs is 1. The number of allylic oxidation sites excluding steroid dienone is 2. The van der Waals surface area contributed by atoms with Crippen molar-refractivity contribution in [3.05, 3.63) is 95.0 Å². The molecular weight excluding hydrogens is 389 g/mol. The third kappa shape index (κ3) is 3.50. The monoisotopic (exact) mass is 413 g/mol. The fourth-order valence-corrected chi connectivity index (χ4v) is 4.52. The van der Waals surface area contributed by atoms with E-state index < -0.39 is 5.41 Å². The van der Waals surface area contributed by atoms with Gasteiger partial charge in [-0.1, -0.05) is 54.6 Å². The third-order valence-corrected chi connectivity index (χ3v) is 6.43. The second kappa shape index (κ2) is 7.99. The molecule has 0 aliphatic heterocycles. The average Bonchev–Trinajstić information content (AvgIpc) is 3.12. The highest BCUT2D eigenvalue weighted by molar-refractivity contribution is 5.74. The van der Waals surface area contributed by atoms with Crippen molar-refractivity contribution in [3.63, 3.8) is 0 Å². The van der Waals surface area contributed by atoms with E-state index in [4.69, 9.17) is 5.10 Å². The topological polar surface area (TPSA) is 46.9 Å². The van der Waals surface area contributed by atoms with Crippen LogP contribution < -0.4 is 5.32 Å². The number of benzene rings is 2. The summed E-state index contributed by atoms with van der Waals surface area (Å²) in [5.41, 5.74) is 3.76. The lowest BCUT2D eigenvalue weighted by Crippen LogP contribution is -2.31. The quantitative estimate of drug-likeness (QED) is 0.446. The number of aromatic nitrogens is 2. The van der Waals surface area contributed by atoms with Crippen LogP contribution in [-0.4, -0.2) is 22.1 Å². The van der Waals surface area contributed by atoms with E-state index in [1.165, 1.54) is 24.6 Å². The summed E-state index contributed by atoms with van der Waals surface area (Å²) in [5, 5.41) is 8.33. The zero-order valence-electron chi connectivity index (χ0n) is 17.2. The predicted molar refractivity (Wildman–Crippen MR) is 121 cm³/mol. The lowest BCUT2D eigenvalue weighted by molar-refractivity contribution is -0.104. The number of hydrogen-bond donors (Lipinski definition) is 1. The molecule has 1 heterocycles. The molecule has 0 amide bonds. The van der Waals surface area contributed by atoms with E-state index in [2.05, 4.69) is 29.6 Å². The molecule has 2 aliphatic rings. The van der Waals surface area contributed by atoms with Crippen molar-refractivity contribution >= 4 is 24.4 Å². The second-order valence-corrected chi connectivity index (χ2v) is 8.26. The van der Waals surface area contributed by atoms with Gasteiger partial charge < -0.3 is 5.32 Å². The molecule has 0 saturated heterocycles. The summed E-state index contributed by atoms with van der Waals surface area (Å²) in [4.78, 5) is 11.0. The minimum absolute atomic E-state index is 0.251. The van der Waals surface area contributed by atoms with Crippen molar-refractivity contribution in [1.29, 1.82) is 0 Å². The number of aldehydes is 1. The number of halogens is 1. The Balaban J connectivity index is 1.65. The first-order chi connectivity index (χ1) is 15.2. The van der Waals surface area contributed by atoms with Crippen molar-refractivity contribution in [1.82, 2.24) is 9.78 Å². The van der Waals surface area contributed by atoms with Crippen LogP contribution in [0.5, 0.6) is 0 Å². The molecule has 2 aromatic carbocycles. The fourth-order valence-electron chi connectivity index (χ4n) is 4.52. The van der Waals surface area contributed by atoms with Gasteiger partial charge in [-0.15, -0.1) is 0 Å². The van der Waals surface area contributed by atoms with E-state index >= 15 is 0 Å². The van der Waals surface area contributed by atoms with E-state index in [0.717, 1.165) is 47.3 Å². The Labute approximate surface area is 181 Å². The predicted octanol–water partition coefficient (Wildman–Crippen LogP) is 5.21. The summed E-state index contributed by atoms with van der Waals surface area (Å²) < 4.78 is 15.5. The first-order valence-corrected chi connectivity index (χ1v) is 10.7. The highest BCUT2D eigenvalue weighted by Crippen LogP contribution is 2.43. The Morgan fingerprint density at radius 1 is 1.06 bits per heavy atom. The average molecular weight is 413 g/mol.